The van der Waals surface area contributed by atoms with Gasteiger partial charge in [-0.25, -0.2) is 0 Å². The van der Waals surface area contributed by atoms with Gasteiger partial charge in [-0.05, 0) is 130 Å². The first-order chi connectivity index (χ1) is 33.1. The van der Waals surface area contributed by atoms with E-state index in [0.717, 1.165) is 77.6 Å². The highest BCUT2D eigenvalue weighted by Gasteiger charge is 2.34. The molecule has 318 valence electrons. The quantitative estimate of drug-likeness (QED) is 0.166. The number of nitriles is 4. The van der Waals surface area contributed by atoms with E-state index in [4.69, 9.17) is 0 Å². The Morgan fingerprint density at radius 2 is 0.779 bits per heavy atom. The molecule has 0 unspecified atom stereocenters. The van der Waals surface area contributed by atoms with Gasteiger partial charge >= 0.3 is 6.18 Å². The number of rotatable bonds is 6. The normalized spacial score (nSPS) is 11.4. The van der Waals surface area contributed by atoms with Crippen molar-refractivity contribution in [2.45, 2.75) is 6.18 Å². The van der Waals surface area contributed by atoms with E-state index >= 15 is 0 Å². The van der Waals surface area contributed by atoms with Gasteiger partial charge in [-0.2, -0.15) is 34.2 Å². The monoisotopic (exact) mass is 880 g/mol. The van der Waals surface area contributed by atoms with E-state index in [1.807, 2.05) is 121 Å². The Bertz CT molecular complexity index is 4090. The lowest BCUT2D eigenvalue weighted by Crippen LogP contribution is -2.08. The molecule has 0 aliphatic carbocycles. The summed E-state index contributed by atoms with van der Waals surface area (Å²) in [6.45, 7) is 0. The molecule has 9 heteroatoms. The lowest BCUT2D eigenvalue weighted by molar-refractivity contribution is -0.137. The molecule has 0 atom stereocenters. The van der Waals surface area contributed by atoms with Crippen LogP contribution in [-0.2, 0) is 6.18 Å². The number of aromatic nitrogens is 2. The highest BCUT2D eigenvalue weighted by molar-refractivity contribution is 6.13. The second kappa shape index (κ2) is 16.1. The molecule has 68 heavy (non-hydrogen) atoms. The van der Waals surface area contributed by atoms with E-state index in [1.54, 1.807) is 30.3 Å². The lowest BCUT2D eigenvalue weighted by atomic mass is 9.92. The molecule has 0 saturated heterocycles. The number of para-hydroxylation sites is 2. The smallest absolute Gasteiger partial charge is 0.309 e. The van der Waals surface area contributed by atoms with Crippen LogP contribution >= 0.6 is 0 Å². The summed E-state index contributed by atoms with van der Waals surface area (Å²) in [6, 6.07) is 66.0. The summed E-state index contributed by atoms with van der Waals surface area (Å²) in [6.07, 6.45) is -4.77. The molecule has 0 radical (unpaired) electrons. The largest absolute Gasteiger partial charge is 0.417 e. The third-order valence-corrected chi connectivity index (χ3v) is 12.7. The molecule has 0 N–H and O–H groups in total. The minimum Gasteiger partial charge on any atom is -0.309 e. The van der Waals surface area contributed by atoms with Crippen LogP contribution in [0.25, 0.3) is 99.5 Å². The van der Waals surface area contributed by atoms with Gasteiger partial charge in [0.25, 0.3) is 0 Å². The molecule has 2 aromatic heterocycles. The molecule has 0 aliphatic heterocycles. The molecule has 0 aliphatic rings. The maximum atomic E-state index is 14.9. The lowest BCUT2D eigenvalue weighted by Gasteiger charge is -2.21. The van der Waals surface area contributed by atoms with Gasteiger partial charge in [-0.1, -0.05) is 91.0 Å². The third-order valence-electron chi connectivity index (χ3n) is 12.7. The summed E-state index contributed by atoms with van der Waals surface area (Å²) in [5.41, 5.74) is 10.1. The van der Waals surface area contributed by atoms with Crippen molar-refractivity contribution in [3.8, 4) is 80.2 Å². The zero-order chi connectivity index (χ0) is 46.7. The Kier molecular flexibility index (Phi) is 9.72. The average molecular weight is 881 g/mol. The van der Waals surface area contributed by atoms with E-state index in [-0.39, 0.29) is 16.7 Å². The number of fused-ring (bicyclic) bond motifs is 6. The van der Waals surface area contributed by atoms with Crippen molar-refractivity contribution in [3.63, 3.8) is 0 Å². The number of nitrogens with zero attached hydrogens (tertiary/aromatic N) is 6. The highest BCUT2D eigenvalue weighted by atomic mass is 19.4. The fourth-order valence-corrected chi connectivity index (χ4v) is 9.59. The number of benzene rings is 9. The van der Waals surface area contributed by atoms with Gasteiger partial charge in [-0.15, -0.1) is 0 Å². The van der Waals surface area contributed by atoms with Crippen LogP contribution in [0.3, 0.4) is 0 Å². The third kappa shape index (κ3) is 6.79. The van der Waals surface area contributed by atoms with Gasteiger partial charge in [0.05, 0.1) is 85.5 Å². The van der Waals surface area contributed by atoms with Crippen molar-refractivity contribution >= 4 is 43.6 Å². The van der Waals surface area contributed by atoms with E-state index in [1.165, 1.54) is 12.1 Å². The average Bonchev–Trinajstić information content (AvgIpc) is 3.90. The van der Waals surface area contributed by atoms with Crippen LogP contribution in [0.2, 0.25) is 0 Å². The van der Waals surface area contributed by atoms with Crippen molar-refractivity contribution in [2.75, 3.05) is 0 Å². The van der Waals surface area contributed by atoms with Gasteiger partial charge in [-0.3, -0.25) is 0 Å². The minimum atomic E-state index is -4.77. The van der Waals surface area contributed by atoms with E-state index < -0.39 is 11.7 Å². The molecule has 9 aromatic carbocycles. The van der Waals surface area contributed by atoms with Gasteiger partial charge in [0.2, 0.25) is 0 Å². The number of hydrogen-bond donors (Lipinski definition) is 0. The predicted molar refractivity (Wildman–Crippen MR) is 261 cm³/mol. The fraction of sp³-hybridized carbons (Fsp3) is 0.0169. The Hall–Kier alpha value is -9.67. The SMILES string of the molecule is N#Cc1cccc(-c2ccc3c(c2)c2ccccc2n3-c2ccc(C#N)cc2-c2ccc(-c3ccc(C#N)cc3C(F)(F)F)cc2-n2c3ccccc3c3cc(-c4cccc(C#N)c4)ccc32)c1. The summed E-state index contributed by atoms with van der Waals surface area (Å²) in [7, 11) is 0. The van der Waals surface area contributed by atoms with Crippen LogP contribution in [0, 0.1) is 45.3 Å². The summed E-state index contributed by atoms with van der Waals surface area (Å²) >= 11 is 0. The molecule has 6 nitrogen and oxygen atoms in total. The van der Waals surface area contributed by atoms with E-state index in [2.05, 4.69) is 51.6 Å². The van der Waals surface area contributed by atoms with Crippen LogP contribution < -0.4 is 0 Å². The van der Waals surface area contributed by atoms with Gasteiger partial charge < -0.3 is 9.13 Å². The molecule has 0 saturated carbocycles. The first-order valence-corrected chi connectivity index (χ1v) is 21.5. The van der Waals surface area contributed by atoms with Crippen LogP contribution in [-0.4, -0.2) is 9.13 Å². The van der Waals surface area contributed by atoms with E-state index in [9.17, 15) is 34.2 Å². The Labute approximate surface area is 387 Å². The summed E-state index contributed by atoms with van der Waals surface area (Å²) in [4.78, 5) is 0. The van der Waals surface area contributed by atoms with E-state index in [0.29, 0.717) is 33.5 Å². The Balaban J connectivity index is 1.22. The molecule has 2 heterocycles. The maximum absolute atomic E-state index is 14.9. The van der Waals surface area contributed by atoms with Crippen LogP contribution in [0.15, 0.2) is 188 Å². The van der Waals surface area contributed by atoms with Crippen molar-refractivity contribution in [3.05, 3.63) is 216 Å². The highest BCUT2D eigenvalue weighted by Crippen LogP contribution is 2.45. The van der Waals surface area contributed by atoms with Crippen molar-refractivity contribution < 1.29 is 13.2 Å². The topological polar surface area (TPSA) is 105 Å². The number of alkyl halides is 3. The summed E-state index contributed by atoms with van der Waals surface area (Å²) < 4.78 is 49.0. The maximum Gasteiger partial charge on any atom is 0.417 e. The first-order valence-electron chi connectivity index (χ1n) is 21.5. The molecular weight excluding hydrogens is 850 g/mol. The standard InChI is InChI=1S/C59H31F3N6/c60-59(61,62)52-28-39(35-66)15-20-45(52)44-17-21-48(58(31-44)68-54-14-4-2-12-47(54)51-30-43(19-24-57(51)68)41-10-6-8-37(26-41)33-64)49-27-38(34-65)16-22-55(49)67-53-13-3-1-11-46(53)50-29-42(18-23-56(50)67)40-9-5-7-36(25-40)32-63/h1-31H. The van der Waals surface area contributed by atoms with Gasteiger partial charge in [0.1, 0.15) is 0 Å². The van der Waals surface area contributed by atoms with Gasteiger partial charge in [0.15, 0.2) is 0 Å². The molecule has 0 fully saturated rings. The second-order valence-corrected chi connectivity index (χ2v) is 16.5. The van der Waals surface area contributed by atoms with Crippen molar-refractivity contribution in [2.24, 2.45) is 0 Å². The van der Waals surface area contributed by atoms with Crippen LogP contribution in [0.4, 0.5) is 13.2 Å². The van der Waals surface area contributed by atoms with Gasteiger partial charge in [0, 0.05) is 32.7 Å². The number of halogens is 3. The second-order valence-electron chi connectivity index (χ2n) is 16.5. The zero-order valence-corrected chi connectivity index (χ0v) is 35.7. The summed E-state index contributed by atoms with van der Waals surface area (Å²) in [5, 5.41) is 43.2. The number of hydrogen-bond acceptors (Lipinski definition) is 4. The molecular formula is C59H31F3N6. The molecule has 11 rings (SSSR count). The van der Waals surface area contributed by atoms with Crippen molar-refractivity contribution in [1.29, 1.82) is 21.0 Å². The summed E-state index contributed by atoms with van der Waals surface area (Å²) in [5.74, 6) is 0. The predicted octanol–water partition coefficient (Wildman–Crippen LogP) is 15.1. The fourth-order valence-electron chi connectivity index (χ4n) is 9.59. The molecule has 11 aromatic rings. The van der Waals surface area contributed by atoms with Crippen molar-refractivity contribution in [1.82, 2.24) is 9.13 Å². The van der Waals surface area contributed by atoms with Crippen LogP contribution in [0.1, 0.15) is 27.8 Å². The Morgan fingerprint density at radius 1 is 0.324 bits per heavy atom. The van der Waals surface area contributed by atoms with Crippen LogP contribution in [0.5, 0.6) is 0 Å². The molecule has 0 amide bonds. The first kappa shape index (κ1) is 41.1. The molecule has 0 spiro atoms. The molecule has 0 bridgehead atoms. The minimum absolute atomic E-state index is 0.0887. The zero-order valence-electron chi connectivity index (χ0n) is 35.7. The Morgan fingerprint density at radius 3 is 1.34 bits per heavy atom.